The molecule has 0 aromatic carbocycles. The number of rotatable bonds is 18. The van der Waals surface area contributed by atoms with E-state index >= 15 is 0 Å². The Morgan fingerprint density at radius 2 is 1.27 bits per heavy atom. The number of primary amides is 1. The molecule has 0 aliphatic carbocycles. The fourth-order valence-corrected chi connectivity index (χ4v) is 2.90. The van der Waals surface area contributed by atoms with E-state index in [0.717, 1.165) is 0 Å². The van der Waals surface area contributed by atoms with E-state index in [0.29, 0.717) is 38.8 Å². The van der Waals surface area contributed by atoms with Gasteiger partial charge < -0.3 is 44.0 Å². The highest BCUT2D eigenvalue weighted by molar-refractivity contribution is 5.94. The van der Waals surface area contributed by atoms with Crippen LogP contribution in [-0.4, -0.2) is 72.0 Å². The predicted molar refractivity (Wildman–Crippen MR) is 121 cm³/mol. The molecule has 0 spiro atoms. The molecule has 0 aromatic rings. The summed E-state index contributed by atoms with van der Waals surface area (Å²) < 4.78 is 0. The van der Waals surface area contributed by atoms with Gasteiger partial charge in [0.15, 0.2) is 0 Å². The second-order valence-electron chi connectivity index (χ2n) is 7.87. The van der Waals surface area contributed by atoms with Crippen LogP contribution in [0.5, 0.6) is 0 Å². The average molecular weight is 474 g/mol. The molecule has 13 heteroatoms. The van der Waals surface area contributed by atoms with E-state index in [9.17, 15) is 29.1 Å². The van der Waals surface area contributed by atoms with Crippen LogP contribution in [0.3, 0.4) is 0 Å². The molecule has 0 bridgehead atoms. The number of hydrogen-bond acceptors (Lipinski definition) is 8. The summed E-state index contributed by atoms with van der Waals surface area (Å²) in [4.78, 5) is 59.7. The van der Waals surface area contributed by atoms with Gasteiger partial charge >= 0.3 is 5.97 Å². The van der Waals surface area contributed by atoms with Crippen LogP contribution < -0.4 is 38.9 Å². The highest BCUT2D eigenvalue weighted by atomic mass is 16.4. The maximum absolute atomic E-state index is 12.7. The molecule has 4 amide bonds. The van der Waals surface area contributed by atoms with Crippen LogP contribution in [0.25, 0.3) is 0 Å². The largest absolute Gasteiger partial charge is 0.480 e. The van der Waals surface area contributed by atoms with Gasteiger partial charge in [-0.1, -0.05) is 0 Å². The Kier molecular flexibility index (Phi) is 15.4. The number of carbonyl (C=O) groups excluding carboxylic acids is 4. The molecule has 0 rings (SSSR count). The van der Waals surface area contributed by atoms with Crippen LogP contribution in [0.4, 0.5) is 0 Å². The van der Waals surface area contributed by atoms with E-state index in [1.54, 1.807) is 0 Å². The van der Waals surface area contributed by atoms with Gasteiger partial charge in [-0.15, -0.1) is 0 Å². The monoisotopic (exact) mass is 473 g/mol. The highest BCUT2D eigenvalue weighted by Gasteiger charge is 2.28. The summed E-state index contributed by atoms with van der Waals surface area (Å²) in [5.74, 6) is -3.71. The van der Waals surface area contributed by atoms with Gasteiger partial charge in [0.25, 0.3) is 0 Å². The summed E-state index contributed by atoms with van der Waals surface area (Å²) >= 11 is 0. The van der Waals surface area contributed by atoms with Crippen molar-refractivity contribution in [3.63, 3.8) is 0 Å². The average Bonchev–Trinajstić information content (AvgIpc) is 2.75. The van der Waals surface area contributed by atoms with E-state index in [1.807, 2.05) is 0 Å². The SMILES string of the molecule is CC(NC(=O)C(N)CCC(N)=O)C(=O)NC(CCCCN)C(=O)NC(CCCCN)C(=O)O. The number of unbranched alkanes of at least 4 members (excludes halogenated alkanes) is 2. The second kappa shape index (κ2) is 16.8. The predicted octanol–water partition coefficient (Wildman–Crippen LogP) is -2.60. The number of nitrogens with one attached hydrogen (secondary N) is 3. The molecular weight excluding hydrogens is 434 g/mol. The molecule has 4 unspecified atom stereocenters. The topological polar surface area (TPSA) is 246 Å². The van der Waals surface area contributed by atoms with Gasteiger partial charge in [0.05, 0.1) is 6.04 Å². The molecule has 0 saturated heterocycles. The van der Waals surface area contributed by atoms with E-state index in [-0.39, 0.29) is 25.7 Å². The first-order valence-electron chi connectivity index (χ1n) is 11.1. The van der Waals surface area contributed by atoms with Gasteiger partial charge in [0.2, 0.25) is 23.6 Å². The van der Waals surface area contributed by atoms with Crippen molar-refractivity contribution in [2.45, 2.75) is 82.5 Å². The molecule has 190 valence electrons. The second-order valence-corrected chi connectivity index (χ2v) is 7.87. The fraction of sp³-hybridized carbons (Fsp3) is 0.750. The van der Waals surface area contributed by atoms with Crippen molar-refractivity contribution in [2.24, 2.45) is 22.9 Å². The summed E-state index contributed by atoms with van der Waals surface area (Å²) in [7, 11) is 0. The number of hydrogen-bond donors (Lipinski definition) is 8. The molecule has 4 atom stereocenters. The third-order valence-electron chi connectivity index (χ3n) is 4.93. The van der Waals surface area contributed by atoms with Gasteiger partial charge in [0.1, 0.15) is 18.1 Å². The van der Waals surface area contributed by atoms with E-state index in [2.05, 4.69) is 16.0 Å². The standard InChI is InChI=1S/C20H39N7O6/c1-12(25-18(30)13(23)8-9-16(24)28)17(29)26-14(6-2-4-10-21)19(31)27-15(20(32)33)7-3-5-11-22/h12-15H,2-11,21-23H2,1H3,(H2,24,28)(H,25,30)(H,26,29)(H,27,31)(H,32,33). The number of carboxylic acids is 1. The molecule has 12 N–H and O–H groups in total. The summed E-state index contributed by atoms with van der Waals surface area (Å²) in [6.07, 6.45) is 2.68. The molecule has 0 fully saturated rings. The van der Waals surface area contributed by atoms with E-state index in [1.165, 1.54) is 6.92 Å². The molecule has 33 heavy (non-hydrogen) atoms. The molecule has 0 radical (unpaired) electrons. The minimum absolute atomic E-state index is 0.0281. The van der Waals surface area contributed by atoms with Crippen LogP contribution >= 0.6 is 0 Å². The van der Waals surface area contributed by atoms with E-state index in [4.69, 9.17) is 22.9 Å². The zero-order chi connectivity index (χ0) is 25.4. The zero-order valence-electron chi connectivity index (χ0n) is 19.2. The summed E-state index contributed by atoms with van der Waals surface area (Å²) in [6, 6.07) is -4.18. The summed E-state index contributed by atoms with van der Waals surface area (Å²) in [5.41, 5.74) is 21.6. The smallest absolute Gasteiger partial charge is 0.326 e. The van der Waals surface area contributed by atoms with Crippen LogP contribution in [0.1, 0.15) is 58.3 Å². The van der Waals surface area contributed by atoms with Gasteiger partial charge in [-0.25, -0.2) is 4.79 Å². The lowest BCUT2D eigenvalue weighted by atomic mass is 10.1. The quantitative estimate of drug-likeness (QED) is 0.0970. The van der Waals surface area contributed by atoms with Crippen molar-refractivity contribution in [3.8, 4) is 0 Å². The third-order valence-corrected chi connectivity index (χ3v) is 4.93. The van der Waals surface area contributed by atoms with Gasteiger partial charge in [0, 0.05) is 6.42 Å². The number of carboxylic acid groups (broad SMARTS) is 1. The minimum atomic E-state index is -1.18. The first kappa shape index (κ1) is 30.2. The fourth-order valence-electron chi connectivity index (χ4n) is 2.90. The lowest BCUT2D eigenvalue weighted by molar-refractivity contribution is -0.142. The van der Waals surface area contributed by atoms with Gasteiger partial charge in [-0.2, -0.15) is 0 Å². The summed E-state index contributed by atoms with van der Waals surface area (Å²) in [5, 5.41) is 16.8. The van der Waals surface area contributed by atoms with Crippen molar-refractivity contribution >= 4 is 29.6 Å². The normalized spacial score (nSPS) is 14.4. The lowest BCUT2D eigenvalue weighted by Crippen LogP contribution is -2.56. The molecule has 13 nitrogen and oxygen atoms in total. The highest BCUT2D eigenvalue weighted by Crippen LogP contribution is 2.06. The minimum Gasteiger partial charge on any atom is -0.480 e. The molecule has 0 aliphatic rings. The van der Waals surface area contributed by atoms with Crippen molar-refractivity contribution in [1.29, 1.82) is 0 Å². The van der Waals surface area contributed by atoms with Crippen molar-refractivity contribution in [2.75, 3.05) is 13.1 Å². The molecular formula is C20H39N7O6. The maximum Gasteiger partial charge on any atom is 0.326 e. The molecule has 0 saturated carbocycles. The van der Waals surface area contributed by atoms with Crippen molar-refractivity contribution in [3.05, 3.63) is 0 Å². The van der Waals surface area contributed by atoms with E-state index < -0.39 is 53.8 Å². The maximum atomic E-state index is 12.7. The Labute approximate surface area is 193 Å². The van der Waals surface area contributed by atoms with Crippen molar-refractivity contribution < 1.29 is 29.1 Å². The molecule has 0 aromatic heterocycles. The Hall–Kier alpha value is -2.77. The zero-order valence-corrected chi connectivity index (χ0v) is 19.2. The summed E-state index contributed by atoms with van der Waals surface area (Å²) in [6.45, 7) is 2.22. The Morgan fingerprint density at radius 3 is 1.76 bits per heavy atom. The number of amides is 4. The van der Waals surface area contributed by atoms with Crippen molar-refractivity contribution in [1.82, 2.24) is 16.0 Å². The Morgan fingerprint density at radius 1 is 0.758 bits per heavy atom. The van der Waals surface area contributed by atoms with Gasteiger partial charge in [-0.3, -0.25) is 19.2 Å². The Balaban J connectivity index is 5.05. The lowest BCUT2D eigenvalue weighted by Gasteiger charge is -2.24. The van der Waals surface area contributed by atoms with Crippen LogP contribution in [-0.2, 0) is 24.0 Å². The van der Waals surface area contributed by atoms with Crippen LogP contribution in [0.15, 0.2) is 0 Å². The number of carbonyl (C=O) groups is 5. The first-order chi connectivity index (χ1) is 15.5. The molecule has 0 aliphatic heterocycles. The molecule has 0 heterocycles. The van der Waals surface area contributed by atoms with Crippen LogP contribution in [0, 0.1) is 0 Å². The van der Waals surface area contributed by atoms with Gasteiger partial charge in [-0.05, 0) is 65.0 Å². The Bertz CT molecular complexity index is 661. The third kappa shape index (κ3) is 13.4. The number of nitrogens with two attached hydrogens (primary N) is 4. The first-order valence-corrected chi connectivity index (χ1v) is 11.1. The number of aliphatic carboxylic acids is 1. The van der Waals surface area contributed by atoms with Crippen LogP contribution in [0.2, 0.25) is 0 Å².